The summed E-state index contributed by atoms with van der Waals surface area (Å²) in [7, 11) is 1.49. The van der Waals surface area contributed by atoms with E-state index < -0.39 is 0 Å². The molecule has 1 aromatic rings. The fraction of sp³-hybridized carbons (Fsp3) is 0.333. The maximum atomic E-state index is 11.4. The molecule has 0 saturated carbocycles. The maximum Gasteiger partial charge on any atom is 0.310 e. The van der Waals surface area contributed by atoms with E-state index in [9.17, 15) is 9.59 Å². The van der Waals surface area contributed by atoms with Crippen LogP contribution in [0.5, 0.6) is 5.75 Å². The topological polar surface area (TPSA) is 52.6 Å². The molecule has 0 aromatic heterocycles. The third-order valence-corrected chi connectivity index (χ3v) is 2.64. The van der Waals surface area contributed by atoms with Crippen LogP contribution in [-0.4, -0.2) is 26.0 Å². The van der Waals surface area contributed by atoms with Crippen LogP contribution in [0.1, 0.15) is 22.8 Å². The minimum Gasteiger partial charge on any atom is -0.496 e. The molecule has 5 heteroatoms. The summed E-state index contributed by atoms with van der Waals surface area (Å²) in [6.07, 6.45) is 0.722. The van der Waals surface area contributed by atoms with Crippen molar-refractivity contribution >= 4 is 28.2 Å². The fourth-order valence-corrected chi connectivity index (χ4v) is 1.92. The van der Waals surface area contributed by atoms with Gasteiger partial charge in [0.1, 0.15) is 5.75 Å². The standard InChI is InChI=1S/C12H13BrO4/c1-3-17-12(15)6-10-8(7-14)4-9(13)5-11(10)16-2/h4-5,7H,3,6H2,1-2H3. The second-order valence-corrected chi connectivity index (χ2v) is 4.19. The number of esters is 1. The number of hydrogen-bond donors (Lipinski definition) is 0. The first-order valence-electron chi connectivity index (χ1n) is 5.09. The van der Waals surface area contributed by atoms with Gasteiger partial charge in [0.2, 0.25) is 0 Å². The molecule has 0 saturated heterocycles. The van der Waals surface area contributed by atoms with Gasteiger partial charge in [-0.25, -0.2) is 0 Å². The van der Waals surface area contributed by atoms with Crippen LogP contribution in [0.2, 0.25) is 0 Å². The summed E-state index contributed by atoms with van der Waals surface area (Å²) in [5.41, 5.74) is 0.966. The Morgan fingerprint density at radius 2 is 2.18 bits per heavy atom. The number of ether oxygens (including phenoxy) is 2. The minimum absolute atomic E-state index is 0.0262. The van der Waals surface area contributed by atoms with E-state index in [4.69, 9.17) is 9.47 Å². The van der Waals surface area contributed by atoms with Crippen molar-refractivity contribution in [2.75, 3.05) is 13.7 Å². The van der Waals surface area contributed by atoms with Crippen LogP contribution < -0.4 is 4.74 Å². The van der Waals surface area contributed by atoms with Crippen LogP contribution in [0, 0.1) is 0 Å². The Morgan fingerprint density at radius 1 is 1.47 bits per heavy atom. The lowest BCUT2D eigenvalue weighted by molar-refractivity contribution is -0.142. The zero-order valence-corrected chi connectivity index (χ0v) is 11.2. The second kappa shape index (κ2) is 6.39. The third-order valence-electron chi connectivity index (χ3n) is 2.18. The van der Waals surface area contributed by atoms with Gasteiger partial charge < -0.3 is 9.47 Å². The monoisotopic (exact) mass is 300 g/mol. The molecule has 0 amide bonds. The number of carbonyl (C=O) groups excluding carboxylic acids is 2. The molecule has 17 heavy (non-hydrogen) atoms. The zero-order chi connectivity index (χ0) is 12.8. The van der Waals surface area contributed by atoms with E-state index in [1.807, 2.05) is 0 Å². The smallest absolute Gasteiger partial charge is 0.310 e. The molecule has 0 unspecified atom stereocenters. The van der Waals surface area contributed by atoms with Crippen molar-refractivity contribution in [2.24, 2.45) is 0 Å². The van der Waals surface area contributed by atoms with Crippen molar-refractivity contribution in [1.82, 2.24) is 0 Å². The second-order valence-electron chi connectivity index (χ2n) is 3.28. The van der Waals surface area contributed by atoms with Crippen molar-refractivity contribution in [3.8, 4) is 5.75 Å². The molecule has 0 aliphatic heterocycles. The number of halogens is 1. The van der Waals surface area contributed by atoms with Crippen LogP contribution in [0.4, 0.5) is 0 Å². The highest BCUT2D eigenvalue weighted by Crippen LogP contribution is 2.27. The predicted molar refractivity (Wildman–Crippen MR) is 66.4 cm³/mol. The van der Waals surface area contributed by atoms with Crippen LogP contribution in [0.25, 0.3) is 0 Å². The van der Waals surface area contributed by atoms with Crippen molar-refractivity contribution in [2.45, 2.75) is 13.3 Å². The highest BCUT2D eigenvalue weighted by molar-refractivity contribution is 9.10. The minimum atomic E-state index is -0.378. The van der Waals surface area contributed by atoms with Crippen LogP contribution in [-0.2, 0) is 16.0 Å². The molecule has 0 N–H and O–H groups in total. The van der Waals surface area contributed by atoms with E-state index in [0.717, 1.165) is 4.47 Å². The Labute approximate surface area is 108 Å². The summed E-state index contributed by atoms with van der Waals surface area (Å²) in [6, 6.07) is 3.35. The normalized spacial score (nSPS) is 9.82. The van der Waals surface area contributed by atoms with Crippen molar-refractivity contribution in [3.63, 3.8) is 0 Å². The summed E-state index contributed by atoms with van der Waals surface area (Å²) in [6.45, 7) is 2.05. The van der Waals surface area contributed by atoms with Crippen molar-refractivity contribution in [3.05, 3.63) is 27.7 Å². The molecular formula is C12H13BrO4. The Bertz CT molecular complexity index is 429. The lowest BCUT2D eigenvalue weighted by Gasteiger charge is -2.11. The Morgan fingerprint density at radius 3 is 2.71 bits per heavy atom. The van der Waals surface area contributed by atoms with E-state index in [0.29, 0.717) is 29.8 Å². The largest absolute Gasteiger partial charge is 0.496 e. The van der Waals surface area contributed by atoms with E-state index in [2.05, 4.69) is 15.9 Å². The number of aldehydes is 1. The van der Waals surface area contributed by atoms with Gasteiger partial charge >= 0.3 is 5.97 Å². The number of hydrogen-bond acceptors (Lipinski definition) is 4. The van der Waals surface area contributed by atoms with Gasteiger partial charge in [-0.05, 0) is 19.1 Å². The van der Waals surface area contributed by atoms with Gasteiger partial charge in [-0.15, -0.1) is 0 Å². The molecule has 0 atom stereocenters. The van der Waals surface area contributed by atoms with E-state index in [1.165, 1.54) is 7.11 Å². The predicted octanol–water partition coefficient (Wildman–Crippen LogP) is 2.38. The van der Waals surface area contributed by atoms with E-state index >= 15 is 0 Å². The van der Waals surface area contributed by atoms with Gasteiger partial charge in [-0.3, -0.25) is 9.59 Å². The molecule has 0 spiro atoms. The number of methoxy groups -OCH3 is 1. The molecule has 92 valence electrons. The fourth-order valence-electron chi connectivity index (χ4n) is 1.46. The summed E-state index contributed by atoms with van der Waals surface area (Å²) in [4.78, 5) is 22.4. The summed E-state index contributed by atoms with van der Waals surface area (Å²) in [5.74, 6) is 0.116. The molecule has 0 aliphatic carbocycles. The highest BCUT2D eigenvalue weighted by atomic mass is 79.9. The molecule has 1 aromatic carbocycles. The van der Waals surface area contributed by atoms with E-state index in [-0.39, 0.29) is 12.4 Å². The Hall–Kier alpha value is -1.36. The quantitative estimate of drug-likeness (QED) is 0.619. The van der Waals surface area contributed by atoms with Gasteiger partial charge in [0.25, 0.3) is 0 Å². The number of benzene rings is 1. The first kappa shape index (κ1) is 13.7. The highest BCUT2D eigenvalue weighted by Gasteiger charge is 2.15. The van der Waals surface area contributed by atoms with E-state index in [1.54, 1.807) is 19.1 Å². The first-order valence-corrected chi connectivity index (χ1v) is 5.88. The molecule has 0 fully saturated rings. The summed E-state index contributed by atoms with van der Waals surface area (Å²) < 4.78 is 10.7. The zero-order valence-electron chi connectivity index (χ0n) is 9.66. The van der Waals surface area contributed by atoms with Crippen LogP contribution >= 0.6 is 15.9 Å². The summed E-state index contributed by atoms with van der Waals surface area (Å²) >= 11 is 3.27. The molecule has 1 rings (SSSR count). The third kappa shape index (κ3) is 3.56. The lowest BCUT2D eigenvalue weighted by Crippen LogP contribution is -2.10. The lowest BCUT2D eigenvalue weighted by atomic mass is 10.0. The molecule has 0 radical (unpaired) electrons. The van der Waals surface area contributed by atoms with Gasteiger partial charge in [0.05, 0.1) is 20.1 Å². The van der Waals surface area contributed by atoms with Crippen molar-refractivity contribution < 1.29 is 19.1 Å². The molecule has 0 heterocycles. The Balaban J connectivity index is 3.10. The van der Waals surface area contributed by atoms with Gasteiger partial charge in [-0.1, -0.05) is 15.9 Å². The number of carbonyl (C=O) groups is 2. The molecule has 0 aliphatic rings. The molecular weight excluding hydrogens is 288 g/mol. The summed E-state index contributed by atoms with van der Waals surface area (Å²) in [5, 5.41) is 0. The maximum absolute atomic E-state index is 11.4. The van der Waals surface area contributed by atoms with Gasteiger partial charge in [0, 0.05) is 15.6 Å². The Kier molecular flexibility index (Phi) is 5.15. The van der Waals surface area contributed by atoms with Crippen molar-refractivity contribution in [1.29, 1.82) is 0 Å². The van der Waals surface area contributed by atoms with Gasteiger partial charge in [-0.2, -0.15) is 0 Å². The van der Waals surface area contributed by atoms with Crippen LogP contribution in [0.15, 0.2) is 16.6 Å². The molecule has 4 nitrogen and oxygen atoms in total. The van der Waals surface area contributed by atoms with Crippen LogP contribution in [0.3, 0.4) is 0 Å². The van der Waals surface area contributed by atoms with Gasteiger partial charge in [0.15, 0.2) is 6.29 Å². The SMILES string of the molecule is CCOC(=O)Cc1c(C=O)cc(Br)cc1OC. The molecule has 0 bridgehead atoms. The first-order chi connectivity index (χ1) is 8.12. The number of rotatable bonds is 5. The average molecular weight is 301 g/mol. The average Bonchev–Trinajstić information content (AvgIpc) is 2.31.